The average Bonchev–Trinajstić information content (AvgIpc) is 3.12. The van der Waals surface area contributed by atoms with E-state index < -0.39 is 5.60 Å². The Kier molecular flexibility index (Phi) is 11.2. The molecule has 2 amide bonds. The van der Waals surface area contributed by atoms with Crippen LogP contribution in [0.15, 0.2) is 29.3 Å². The maximum absolute atomic E-state index is 12.0. The maximum atomic E-state index is 12.0. The molecule has 180 valence electrons. The van der Waals surface area contributed by atoms with E-state index in [0.29, 0.717) is 13.1 Å². The molecule has 0 bridgehead atoms. The van der Waals surface area contributed by atoms with Gasteiger partial charge in [0.2, 0.25) is 5.91 Å². The van der Waals surface area contributed by atoms with Crippen molar-refractivity contribution in [1.29, 1.82) is 0 Å². The van der Waals surface area contributed by atoms with Gasteiger partial charge in [-0.05, 0) is 51.8 Å². The van der Waals surface area contributed by atoms with Crippen LogP contribution in [0.4, 0.5) is 10.5 Å². The van der Waals surface area contributed by atoms with E-state index in [-0.39, 0.29) is 47.9 Å². The van der Waals surface area contributed by atoms with Gasteiger partial charge in [0, 0.05) is 31.2 Å². The van der Waals surface area contributed by atoms with Gasteiger partial charge in [-0.15, -0.1) is 24.0 Å². The minimum atomic E-state index is -0.508. The standard InChI is InChI=1S/C23H37N5O3.HI/c1-7-24-21(28-13-12-19(15-28)27-22(30)31-23(4,5)6)25-14-17-8-10-18(11-9-17)26-20(29)16(2)3;/h8-11,16,19H,7,12-15H2,1-6H3,(H,24,25)(H,26,29)(H,27,30);1H. The SMILES string of the molecule is CCNC(=NCc1ccc(NC(=O)C(C)C)cc1)N1CCC(NC(=O)OC(C)(C)C)C1.I. The fourth-order valence-corrected chi connectivity index (χ4v) is 3.12. The molecule has 0 radical (unpaired) electrons. The zero-order valence-corrected chi connectivity index (χ0v) is 22.4. The van der Waals surface area contributed by atoms with Crippen LogP contribution in [0.1, 0.15) is 53.5 Å². The first-order valence-electron chi connectivity index (χ1n) is 11.0. The van der Waals surface area contributed by atoms with Crippen LogP contribution in [0.25, 0.3) is 0 Å². The normalized spacial score (nSPS) is 16.4. The lowest BCUT2D eigenvalue weighted by molar-refractivity contribution is -0.118. The number of benzene rings is 1. The first-order valence-corrected chi connectivity index (χ1v) is 11.0. The molecule has 1 aliphatic heterocycles. The van der Waals surface area contributed by atoms with E-state index in [1.807, 2.05) is 65.8 Å². The molecule has 1 aromatic carbocycles. The summed E-state index contributed by atoms with van der Waals surface area (Å²) in [5.41, 5.74) is 1.33. The van der Waals surface area contributed by atoms with Crippen LogP contribution in [-0.4, -0.2) is 54.1 Å². The van der Waals surface area contributed by atoms with Crippen LogP contribution in [0.5, 0.6) is 0 Å². The summed E-state index contributed by atoms with van der Waals surface area (Å²) in [7, 11) is 0. The van der Waals surface area contributed by atoms with Crippen LogP contribution in [0.2, 0.25) is 0 Å². The number of carbonyl (C=O) groups excluding carboxylic acids is 2. The number of halogens is 1. The fraction of sp³-hybridized carbons (Fsp3) is 0.609. The van der Waals surface area contributed by atoms with Gasteiger partial charge in [-0.25, -0.2) is 9.79 Å². The molecular weight excluding hydrogens is 521 g/mol. The summed E-state index contributed by atoms with van der Waals surface area (Å²) in [4.78, 5) is 30.8. The Labute approximate surface area is 209 Å². The fourth-order valence-electron chi connectivity index (χ4n) is 3.12. The first kappa shape index (κ1) is 28.0. The number of anilines is 1. The highest BCUT2D eigenvalue weighted by Crippen LogP contribution is 2.14. The van der Waals surface area contributed by atoms with Crippen molar-refractivity contribution in [3.8, 4) is 0 Å². The van der Waals surface area contributed by atoms with Gasteiger partial charge in [0.05, 0.1) is 12.6 Å². The predicted octanol–water partition coefficient (Wildman–Crippen LogP) is 3.96. The lowest BCUT2D eigenvalue weighted by atomic mass is 10.2. The second-order valence-corrected chi connectivity index (χ2v) is 9.09. The van der Waals surface area contributed by atoms with Crippen molar-refractivity contribution in [3.05, 3.63) is 29.8 Å². The Morgan fingerprint density at radius 3 is 2.44 bits per heavy atom. The number of hydrogen-bond donors (Lipinski definition) is 3. The summed E-state index contributed by atoms with van der Waals surface area (Å²) in [6, 6.07) is 7.77. The van der Waals surface area contributed by atoms with Gasteiger partial charge in [0.25, 0.3) is 0 Å². The van der Waals surface area contributed by atoms with Gasteiger partial charge in [0.1, 0.15) is 5.60 Å². The molecule has 1 atom stereocenters. The molecule has 1 aromatic rings. The minimum absolute atomic E-state index is 0. The van der Waals surface area contributed by atoms with Crippen LogP contribution >= 0.6 is 24.0 Å². The molecule has 1 unspecified atom stereocenters. The predicted molar refractivity (Wildman–Crippen MR) is 139 cm³/mol. The van der Waals surface area contributed by atoms with Crippen molar-refractivity contribution in [3.63, 3.8) is 0 Å². The number of guanidine groups is 1. The molecule has 2 rings (SSSR count). The number of hydrogen-bond acceptors (Lipinski definition) is 4. The average molecular weight is 559 g/mol. The van der Waals surface area contributed by atoms with Crippen LogP contribution in [-0.2, 0) is 16.1 Å². The zero-order chi connectivity index (χ0) is 23.0. The highest BCUT2D eigenvalue weighted by atomic mass is 127. The van der Waals surface area contributed by atoms with Gasteiger partial charge in [-0.3, -0.25) is 4.79 Å². The Morgan fingerprint density at radius 1 is 1.22 bits per heavy atom. The van der Waals surface area contributed by atoms with Crippen molar-refractivity contribution in [2.24, 2.45) is 10.9 Å². The van der Waals surface area contributed by atoms with Crippen LogP contribution < -0.4 is 16.0 Å². The summed E-state index contributed by atoms with van der Waals surface area (Å²) < 4.78 is 5.35. The van der Waals surface area contributed by atoms with E-state index in [1.165, 1.54) is 0 Å². The number of nitrogens with zero attached hydrogens (tertiary/aromatic N) is 2. The van der Waals surface area contributed by atoms with E-state index >= 15 is 0 Å². The topological polar surface area (TPSA) is 95.1 Å². The van der Waals surface area contributed by atoms with E-state index in [9.17, 15) is 9.59 Å². The quantitative estimate of drug-likeness (QED) is 0.279. The first-order chi connectivity index (χ1) is 14.6. The Balaban J connectivity index is 0.00000512. The van der Waals surface area contributed by atoms with Gasteiger partial charge < -0.3 is 25.6 Å². The molecule has 3 N–H and O–H groups in total. The number of ether oxygens (including phenoxy) is 1. The summed E-state index contributed by atoms with van der Waals surface area (Å²) in [6.45, 7) is 14.1. The summed E-state index contributed by atoms with van der Waals surface area (Å²) in [5.74, 6) is 0.776. The molecule has 1 aliphatic rings. The smallest absolute Gasteiger partial charge is 0.407 e. The van der Waals surface area contributed by atoms with Crippen molar-refractivity contribution < 1.29 is 14.3 Å². The Bertz CT molecular complexity index is 775. The number of aliphatic imine (C=N–C) groups is 1. The lowest BCUT2D eigenvalue weighted by Crippen LogP contribution is -2.44. The van der Waals surface area contributed by atoms with E-state index in [4.69, 9.17) is 9.73 Å². The molecule has 8 nitrogen and oxygen atoms in total. The summed E-state index contributed by atoms with van der Waals surface area (Å²) in [5, 5.41) is 9.17. The number of rotatable bonds is 6. The molecule has 1 fully saturated rings. The number of alkyl carbamates (subject to hydrolysis) is 1. The number of nitrogens with one attached hydrogen (secondary N) is 3. The number of likely N-dealkylation sites (tertiary alicyclic amines) is 1. The van der Waals surface area contributed by atoms with E-state index in [2.05, 4.69) is 20.9 Å². The van der Waals surface area contributed by atoms with Gasteiger partial charge in [-0.2, -0.15) is 0 Å². The molecule has 0 aromatic heterocycles. The van der Waals surface area contributed by atoms with Gasteiger partial charge in [0.15, 0.2) is 5.96 Å². The third kappa shape index (κ3) is 9.62. The monoisotopic (exact) mass is 559 g/mol. The molecule has 1 saturated heterocycles. The highest BCUT2D eigenvalue weighted by molar-refractivity contribution is 14.0. The zero-order valence-electron chi connectivity index (χ0n) is 20.0. The van der Waals surface area contributed by atoms with Gasteiger partial charge in [-0.1, -0.05) is 26.0 Å². The third-order valence-electron chi connectivity index (χ3n) is 4.70. The largest absolute Gasteiger partial charge is 0.444 e. The molecular formula is C23H38IN5O3. The van der Waals surface area contributed by atoms with Crippen LogP contribution in [0, 0.1) is 5.92 Å². The molecule has 0 aliphatic carbocycles. The summed E-state index contributed by atoms with van der Waals surface area (Å²) in [6.07, 6.45) is 0.458. The number of amides is 2. The minimum Gasteiger partial charge on any atom is -0.444 e. The lowest BCUT2D eigenvalue weighted by Gasteiger charge is -2.23. The van der Waals surface area contributed by atoms with Crippen molar-refractivity contribution in [2.75, 3.05) is 25.0 Å². The van der Waals surface area contributed by atoms with Crippen molar-refractivity contribution in [1.82, 2.24) is 15.5 Å². The third-order valence-corrected chi connectivity index (χ3v) is 4.70. The maximum Gasteiger partial charge on any atom is 0.407 e. The van der Waals surface area contributed by atoms with Crippen molar-refractivity contribution >= 4 is 47.6 Å². The van der Waals surface area contributed by atoms with E-state index in [0.717, 1.165) is 36.7 Å². The molecule has 1 heterocycles. The highest BCUT2D eigenvalue weighted by Gasteiger charge is 2.27. The van der Waals surface area contributed by atoms with Crippen molar-refractivity contribution in [2.45, 2.75) is 66.2 Å². The second kappa shape index (κ2) is 12.9. The van der Waals surface area contributed by atoms with Gasteiger partial charge >= 0.3 is 6.09 Å². The molecule has 0 saturated carbocycles. The summed E-state index contributed by atoms with van der Waals surface area (Å²) >= 11 is 0. The number of carbonyl (C=O) groups is 2. The molecule has 9 heteroatoms. The van der Waals surface area contributed by atoms with E-state index in [1.54, 1.807) is 0 Å². The Hall–Kier alpha value is -2.04. The second-order valence-electron chi connectivity index (χ2n) is 9.09. The molecule has 0 spiro atoms. The Morgan fingerprint density at radius 2 is 1.88 bits per heavy atom. The molecule has 32 heavy (non-hydrogen) atoms. The van der Waals surface area contributed by atoms with Crippen LogP contribution in [0.3, 0.4) is 0 Å².